The first-order valence-electron chi connectivity index (χ1n) is 7.74. The average molecular weight is 294 g/mol. The van der Waals surface area contributed by atoms with Gasteiger partial charge >= 0.3 is 0 Å². The molecule has 0 aliphatic heterocycles. The van der Waals surface area contributed by atoms with Gasteiger partial charge in [0.15, 0.2) is 5.78 Å². The van der Waals surface area contributed by atoms with E-state index in [-0.39, 0.29) is 17.3 Å². The van der Waals surface area contributed by atoms with Gasteiger partial charge in [0, 0.05) is 11.6 Å². The van der Waals surface area contributed by atoms with Gasteiger partial charge in [0.1, 0.15) is 5.56 Å². The van der Waals surface area contributed by atoms with Crippen molar-refractivity contribution in [1.82, 2.24) is 9.78 Å². The summed E-state index contributed by atoms with van der Waals surface area (Å²) in [6.07, 6.45) is 6.30. The van der Waals surface area contributed by atoms with Gasteiger partial charge in [-0.2, -0.15) is 0 Å². The first-order chi connectivity index (χ1) is 10.6. The molecule has 0 amide bonds. The number of allylic oxidation sites excluding steroid dienone is 2. The number of hydrogen-bond acceptors (Lipinski definition) is 2. The topological polar surface area (TPSA) is 54.9 Å². The third-order valence-corrected chi connectivity index (χ3v) is 4.95. The van der Waals surface area contributed by atoms with Crippen LogP contribution in [0.1, 0.15) is 28.9 Å². The quantitative estimate of drug-likeness (QED) is 0.699. The van der Waals surface area contributed by atoms with Gasteiger partial charge in [-0.05, 0) is 43.7 Å². The van der Waals surface area contributed by atoms with Crippen LogP contribution in [0.25, 0.3) is 5.69 Å². The van der Waals surface area contributed by atoms with Crippen LogP contribution in [0.3, 0.4) is 0 Å². The number of benzene rings is 1. The Balaban J connectivity index is 1.74. The summed E-state index contributed by atoms with van der Waals surface area (Å²) in [4.78, 5) is 25.5. The van der Waals surface area contributed by atoms with Crippen LogP contribution in [0.2, 0.25) is 0 Å². The molecule has 3 atom stereocenters. The number of H-pyrrole nitrogens is 1. The van der Waals surface area contributed by atoms with Crippen molar-refractivity contribution in [3.8, 4) is 5.69 Å². The molecule has 0 saturated heterocycles. The van der Waals surface area contributed by atoms with Gasteiger partial charge in [-0.1, -0.05) is 30.4 Å². The number of aromatic amines is 1. The van der Waals surface area contributed by atoms with Gasteiger partial charge in [0.2, 0.25) is 0 Å². The molecular weight excluding hydrogens is 276 g/mol. The second-order valence-corrected chi connectivity index (χ2v) is 6.34. The van der Waals surface area contributed by atoms with Crippen molar-refractivity contribution in [3.05, 3.63) is 64.1 Å². The molecule has 1 N–H and O–H groups in total. The SMILES string of the molecule is Cc1[nH]n(-c2ccccc2)c(=O)c1C(=O)C1CC2C=CC1C2. The molecular formula is C18H18N2O2. The fourth-order valence-electron chi connectivity index (χ4n) is 3.86. The zero-order chi connectivity index (χ0) is 15.3. The normalized spacial score (nSPS) is 25.8. The summed E-state index contributed by atoms with van der Waals surface area (Å²) in [5, 5.41) is 3.04. The second-order valence-electron chi connectivity index (χ2n) is 6.34. The van der Waals surface area contributed by atoms with Crippen molar-refractivity contribution in [2.75, 3.05) is 0 Å². The Hall–Kier alpha value is -2.36. The summed E-state index contributed by atoms with van der Waals surface area (Å²) < 4.78 is 1.46. The van der Waals surface area contributed by atoms with Crippen LogP contribution < -0.4 is 5.56 Å². The van der Waals surface area contributed by atoms with Crippen molar-refractivity contribution >= 4 is 5.78 Å². The van der Waals surface area contributed by atoms with Crippen LogP contribution in [-0.2, 0) is 0 Å². The number of Topliss-reactive ketones (excluding diaryl/α,β-unsaturated/α-hetero) is 1. The molecule has 3 unspecified atom stereocenters. The number of carbonyl (C=O) groups excluding carboxylic acids is 1. The number of para-hydroxylation sites is 1. The molecule has 4 heteroatoms. The summed E-state index contributed by atoms with van der Waals surface area (Å²) in [5.74, 6) is 0.817. The number of fused-ring (bicyclic) bond motifs is 2. The Kier molecular flexibility index (Phi) is 2.93. The Morgan fingerprint density at radius 2 is 1.95 bits per heavy atom. The number of nitrogens with zero attached hydrogens (tertiary/aromatic N) is 1. The minimum Gasteiger partial charge on any atom is -0.295 e. The number of hydrogen-bond donors (Lipinski definition) is 1. The van der Waals surface area contributed by atoms with E-state index < -0.39 is 0 Å². The second kappa shape index (κ2) is 4.83. The Morgan fingerprint density at radius 3 is 2.59 bits per heavy atom. The Labute approximate surface area is 128 Å². The highest BCUT2D eigenvalue weighted by atomic mass is 16.2. The Bertz CT molecular complexity index is 813. The van der Waals surface area contributed by atoms with Crippen LogP contribution in [-0.4, -0.2) is 15.6 Å². The largest absolute Gasteiger partial charge is 0.295 e. The summed E-state index contributed by atoms with van der Waals surface area (Å²) in [5.41, 5.74) is 1.50. The minimum atomic E-state index is -0.236. The fraction of sp³-hybridized carbons (Fsp3) is 0.333. The van der Waals surface area contributed by atoms with Crippen molar-refractivity contribution in [2.24, 2.45) is 17.8 Å². The van der Waals surface area contributed by atoms with Gasteiger partial charge < -0.3 is 0 Å². The van der Waals surface area contributed by atoms with E-state index in [1.54, 1.807) is 6.92 Å². The number of rotatable bonds is 3. The van der Waals surface area contributed by atoms with E-state index in [2.05, 4.69) is 17.3 Å². The van der Waals surface area contributed by atoms with E-state index in [1.807, 2.05) is 30.3 Å². The highest BCUT2D eigenvalue weighted by molar-refractivity contribution is 5.99. The van der Waals surface area contributed by atoms with E-state index in [4.69, 9.17) is 0 Å². The summed E-state index contributed by atoms with van der Waals surface area (Å²) in [6, 6.07) is 9.36. The van der Waals surface area contributed by atoms with Gasteiger partial charge in [0.25, 0.3) is 5.56 Å². The van der Waals surface area contributed by atoms with Crippen LogP contribution in [0, 0.1) is 24.7 Å². The number of aryl methyl sites for hydroxylation is 1. The smallest absolute Gasteiger partial charge is 0.282 e. The molecule has 1 heterocycles. The minimum absolute atomic E-state index is 0.00489. The standard InChI is InChI=1S/C18H18N2O2/c1-11-16(17(21)15-10-12-7-8-13(15)9-12)18(22)20(19-11)14-5-3-2-4-6-14/h2-8,12-13,15,19H,9-10H2,1H3. The van der Waals surface area contributed by atoms with E-state index in [9.17, 15) is 9.59 Å². The first kappa shape index (κ1) is 13.3. The molecule has 1 saturated carbocycles. The highest BCUT2D eigenvalue weighted by Crippen LogP contribution is 2.44. The van der Waals surface area contributed by atoms with Gasteiger partial charge in [-0.3, -0.25) is 14.7 Å². The average Bonchev–Trinajstić information content (AvgIpc) is 3.22. The van der Waals surface area contributed by atoms with Crippen molar-refractivity contribution < 1.29 is 4.79 Å². The molecule has 0 spiro atoms. The molecule has 0 radical (unpaired) electrons. The van der Waals surface area contributed by atoms with E-state index in [0.717, 1.165) is 18.5 Å². The number of nitrogens with one attached hydrogen (secondary N) is 1. The zero-order valence-electron chi connectivity index (χ0n) is 12.5. The van der Waals surface area contributed by atoms with Crippen molar-refractivity contribution in [2.45, 2.75) is 19.8 Å². The van der Waals surface area contributed by atoms with E-state index >= 15 is 0 Å². The molecule has 1 fully saturated rings. The monoisotopic (exact) mass is 294 g/mol. The lowest BCUT2D eigenvalue weighted by molar-refractivity contribution is 0.0899. The molecule has 1 aromatic carbocycles. The third kappa shape index (κ3) is 1.90. The lowest BCUT2D eigenvalue weighted by atomic mass is 9.86. The first-order valence-corrected chi connectivity index (χ1v) is 7.74. The number of carbonyl (C=O) groups is 1. The maximum absolute atomic E-state index is 12.9. The molecule has 2 aliphatic rings. The van der Waals surface area contributed by atoms with Crippen LogP contribution in [0.5, 0.6) is 0 Å². The van der Waals surface area contributed by atoms with E-state index in [1.165, 1.54) is 4.68 Å². The molecule has 2 aromatic rings. The van der Waals surface area contributed by atoms with E-state index in [0.29, 0.717) is 23.1 Å². The lowest BCUT2D eigenvalue weighted by Gasteiger charge is -2.15. The molecule has 4 nitrogen and oxygen atoms in total. The maximum atomic E-state index is 12.9. The summed E-state index contributed by atoms with van der Waals surface area (Å²) in [7, 11) is 0. The molecule has 112 valence electrons. The molecule has 1 aromatic heterocycles. The van der Waals surface area contributed by atoms with Crippen LogP contribution in [0.4, 0.5) is 0 Å². The highest BCUT2D eigenvalue weighted by Gasteiger charge is 2.41. The van der Waals surface area contributed by atoms with Gasteiger partial charge in [-0.15, -0.1) is 0 Å². The third-order valence-electron chi connectivity index (χ3n) is 4.95. The maximum Gasteiger partial charge on any atom is 0.282 e. The zero-order valence-corrected chi connectivity index (χ0v) is 12.5. The lowest BCUT2D eigenvalue weighted by Crippen LogP contribution is -2.26. The van der Waals surface area contributed by atoms with Crippen LogP contribution >= 0.6 is 0 Å². The predicted octanol–water partition coefficient (Wildman–Crippen LogP) is 2.87. The van der Waals surface area contributed by atoms with Crippen molar-refractivity contribution in [3.63, 3.8) is 0 Å². The van der Waals surface area contributed by atoms with Gasteiger partial charge in [0.05, 0.1) is 5.69 Å². The molecule has 2 bridgehead atoms. The number of ketones is 1. The van der Waals surface area contributed by atoms with Crippen molar-refractivity contribution in [1.29, 1.82) is 0 Å². The van der Waals surface area contributed by atoms with Crippen LogP contribution in [0.15, 0.2) is 47.3 Å². The van der Waals surface area contributed by atoms with Gasteiger partial charge in [-0.25, -0.2) is 4.68 Å². The number of aromatic nitrogens is 2. The fourth-order valence-corrected chi connectivity index (χ4v) is 3.86. The molecule has 22 heavy (non-hydrogen) atoms. The predicted molar refractivity (Wildman–Crippen MR) is 84.3 cm³/mol. The Morgan fingerprint density at radius 1 is 1.18 bits per heavy atom. The summed E-state index contributed by atoms with van der Waals surface area (Å²) in [6.45, 7) is 1.80. The summed E-state index contributed by atoms with van der Waals surface area (Å²) >= 11 is 0. The molecule has 4 rings (SSSR count). The molecule has 2 aliphatic carbocycles.